The van der Waals surface area contributed by atoms with Crippen molar-refractivity contribution in [2.45, 2.75) is 13.2 Å². The topological polar surface area (TPSA) is 21.3 Å². The van der Waals surface area contributed by atoms with Gasteiger partial charge in [0.1, 0.15) is 24.0 Å². The van der Waals surface area contributed by atoms with Crippen LogP contribution in [0, 0.1) is 11.6 Å². The number of ether oxygens (including phenoxy) is 1. The van der Waals surface area contributed by atoms with Crippen molar-refractivity contribution in [3.63, 3.8) is 0 Å². The Hall–Kier alpha value is -2.30. The molecule has 0 aromatic heterocycles. The Morgan fingerprint density at radius 3 is 2.31 bits per heavy atom. The highest BCUT2D eigenvalue weighted by atomic mass is 35.5. The summed E-state index contributed by atoms with van der Waals surface area (Å²) >= 11 is 11.7. The van der Waals surface area contributed by atoms with Crippen molar-refractivity contribution >= 4 is 28.9 Å². The molecule has 0 unspecified atom stereocenters. The number of rotatable bonds is 6. The van der Waals surface area contributed by atoms with E-state index in [1.165, 1.54) is 18.2 Å². The van der Waals surface area contributed by atoms with Gasteiger partial charge in [-0.05, 0) is 48.0 Å². The molecule has 0 saturated heterocycles. The fraction of sp³-hybridized carbons (Fsp3) is 0.100. The summed E-state index contributed by atoms with van der Waals surface area (Å²) in [6, 6.07) is 16.4. The van der Waals surface area contributed by atoms with E-state index in [9.17, 15) is 8.78 Å². The second-order valence-electron chi connectivity index (χ2n) is 5.62. The minimum absolute atomic E-state index is 0.0528. The molecule has 0 aliphatic rings. The summed E-state index contributed by atoms with van der Waals surface area (Å²) in [6.07, 6.45) is 0. The molecule has 0 amide bonds. The van der Waals surface area contributed by atoms with Gasteiger partial charge in [0.15, 0.2) is 0 Å². The normalized spacial score (nSPS) is 10.6. The van der Waals surface area contributed by atoms with E-state index >= 15 is 0 Å². The van der Waals surface area contributed by atoms with E-state index in [0.717, 1.165) is 11.3 Å². The third-order valence-electron chi connectivity index (χ3n) is 3.78. The van der Waals surface area contributed by atoms with Gasteiger partial charge in [-0.25, -0.2) is 8.78 Å². The van der Waals surface area contributed by atoms with Gasteiger partial charge in [0, 0.05) is 17.8 Å². The predicted octanol–water partition coefficient (Wildman–Crippen LogP) is 6.46. The summed E-state index contributed by atoms with van der Waals surface area (Å²) in [4.78, 5) is 0. The van der Waals surface area contributed by atoms with Crippen LogP contribution in [0.2, 0.25) is 10.0 Å². The SMILES string of the molecule is Fc1ccc(NCc2ccc(OCc3c(F)cccc3Cl)cc2)cc1Cl. The largest absolute Gasteiger partial charge is 0.489 e. The summed E-state index contributed by atoms with van der Waals surface area (Å²) in [5, 5.41) is 3.57. The number of benzene rings is 3. The van der Waals surface area contributed by atoms with Gasteiger partial charge >= 0.3 is 0 Å². The Balaban J connectivity index is 1.57. The van der Waals surface area contributed by atoms with E-state index in [1.54, 1.807) is 30.3 Å². The van der Waals surface area contributed by atoms with Crippen LogP contribution in [0.4, 0.5) is 14.5 Å². The Morgan fingerprint density at radius 1 is 0.846 bits per heavy atom. The van der Waals surface area contributed by atoms with Crippen LogP contribution in [0.5, 0.6) is 5.75 Å². The zero-order chi connectivity index (χ0) is 18.5. The lowest BCUT2D eigenvalue weighted by atomic mass is 10.2. The Bertz CT molecular complexity index is 881. The molecular weight excluding hydrogens is 379 g/mol. The minimum atomic E-state index is -0.450. The maximum absolute atomic E-state index is 13.7. The van der Waals surface area contributed by atoms with Gasteiger partial charge < -0.3 is 10.1 Å². The van der Waals surface area contributed by atoms with Gasteiger partial charge in [-0.1, -0.05) is 41.4 Å². The molecule has 3 aromatic carbocycles. The Kier molecular flexibility index (Phi) is 5.96. The molecule has 26 heavy (non-hydrogen) atoms. The van der Waals surface area contributed by atoms with Gasteiger partial charge in [-0.3, -0.25) is 0 Å². The molecule has 0 saturated carbocycles. The van der Waals surface area contributed by atoms with Crippen molar-refractivity contribution in [2.24, 2.45) is 0 Å². The molecule has 6 heteroatoms. The number of halogens is 4. The summed E-state index contributed by atoms with van der Waals surface area (Å²) < 4.78 is 32.5. The first-order valence-corrected chi connectivity index (χ1v) is 8.62. The molecule has 0 aliphatic carbocycles. The molecule has 0 atom stereocenters. The molecule has 3 rings (SSSR count). The fourth-order valence-electron chi connectivity index (χ4n) is 2.34. The first-order valence-electron chi connectivity index (χ1n) is 7.86. The third kappa shape index (κ3) is 4.65. The number of hydrogen-bond acceptors (Lipinski definition) is 2. The van der Waals surface area contributed by atoms with E-state index in [1.807, 2.05) is 12.1 Å². The molecular formula is C20H15Cl2F2NO. The second kappa shape index (κ2) is 8.39. The predicted molar refractivity (Wildman–Crippen MR) is 101 cm³/mol. The molecule has 1 N–H and O–H groups in total. The molecule has 0 fully saturated rings. The van der Waals surface area contributed by atoms with Crippen molar-refractivity contribution in [1.82, 2.24) is 0 Å². The van der Waals surface area contributed by atoms with Crippen LogP contribution in [0.15, 0.2) is 60.7 Å². The fourth-order valence-corrected chi connectivity index (χ4v) is 2.74. The van der Waals surface area contributed by atoms with E-state index in [2.05, 4.69) is 5.32 Å². The van der Waals surface area contributed by atoms with Crippen LogP contribution in [0.25, 0.3) is 0 Å². The second-order valence-corrected chi connectivity index (χ2v) is 6.43. The van der Waals surface area contributed by atoms with Crippen molar-refractivity contribution in [1.29, 1.82) is 0 Å². The van der Waals surface area contributed by atoms with Crippen molar-refractivity contribution in [2.75, 3.05) is 5.32 Å². The molecule has 0 aliphatic heterocycles. The number of hydrogen-bond donors (Lipinski definition) is 1. The maximum atomic E-state index is 13.7. The first kappa shape index (κ1) is 18.5. The van der Waals surface area contributed by atoms with Gasteiger partial charge in [0.2, 0.25) is 0 Å². The van der Waals surface area contributed by atoms with Crippen LogP contribution < -0.4 is 10.1 Å². The minimum Gasteiger partial charge on any atom is -0.489 e. The Morgan fingerprint density at radius 2 is 1.62 bits per heavy atom. The van der Waals surface area contributed by atoms with Crippen LogP contribution in [-0.2, 0) is 13.2 Å². The average molecular weight is 394 g/mol. The van der Waals surface area contributed by atoms with Crippen molar-refractivity contribution in [3.05, 3.63) is 93.5 Å². The summed E-state index contributed by atoms with van der Waals surface area (Å²) in [5.74, 6) is -0.233. The highest BCUT2D eigenvalue weighted by molar-refractivity contribution is 6.31. The van der Waals surface area contributed by atoms with Gasteiger partial charge in [0.25, 0.3) is 0 Å². The highest BCUT2D eigenvalue weighted by Crippen LogP contribution is 2.23. The smallest absolute Gasteiger partial charge is 0.141 e. The molecule has 0 bridgehead atoms. The lowest BCUT2D eigenvalue weighted by Crippen LogP contribution is -2.01. The zero-order valence-corrected chi connectivity index (χ0v) is 15.1. The van der Waals surface area contributed by atoms with E-state index in [-0.39, 0.29) is 11.6 Å². The number of nitrogens with one attached hydrogen (secondary N) is 1. The van der Waals surface area contributed by atoms with Crippen molar-refractivity contribution in [3.8, 4) is 5.75 Å². The summed E-state index contributed by atoms with van der Waals surface area (Å²) in [7, 11) is 0. The highest BCUT2D eigenvalue weighted by Gasteiger charge is 2.07. The van der Waals surface area contributed by atoms with Gasteiger partial charge in [0.05, 0.1) is 10.0 Å². The number of anilines is 1. The van der Waals surface area contributed by atoms with Crippen LogP contribution >= 0.6 is 23.2 Å². The molecule has 134 valence electrons. The summed E-state index contributed by atoms with van der Waals surface area (Å²) in [6.45, 7) is 0.596. The zero-order valence-electron chi connectivity index (χ0n) is 13.6. The lowest BCUT2D eigenvalue weighted by molar-refractivity contribution is 0.300. The quantitative estimate of drug-likeness (QED) is 0.518. The summed E-state index contributed by atoms with van der Waals surface area (Å²) in [5.41, 5.74) is 2.06. The van der Waals surface area contributed by atoms with Crippen LogP contribution in [0.1, 0.15) is 11.1 Å². The molecule has 0 spiro atoms. The van der Waals surface area contributed by atoms with Gasteiger partial charge in [-0.2, -0.15) is 0 Å². The van der Waals surface area contributed by atoms with Crippen LogP contribution in [-0.4, -0.2) is 0 Å². The van der Waals surface area contributed by atoms with Gasteiger partial charge in [-0.15, -0.1) is 0 Å². The van der Waals surface area contributed by atoms with Crippen molar-refractivity contribution < 1.29 is 13.5 Å². The van der Waals surface area contributed by atoms with E-state index in [4.69, 9.17) is 27.9 Å². The maximum Gasteiger partial charge on any atom is 0.141 e. The third-order valence-corrected chi connectivity index (χ3v) is 4.43. The molecule has 3 aromatic rings. The van der Waals surface area contributed by atoms with E-state index < -0.39 is 11.6 Å². The average Bonchev–Trinajstić information content (AvgIpc) is 2.63. The Labute approximate surface area is 160 Å². The first-order chi connectivity index (χ1) is 12.5. The lowest BCUT2D eigenvalue weighted by Gasteiger charge is -2.10. The standard InChI is InChI=1S/C20H15Cl2F2NO/c21-17-2-1-3-19(23)16(17)12-26-15-7-4-13(5-8-15)11-25-14-6-9-20(24)18(22)10-14/h1-10,25H,11-12H2. The van der Waals surface area contributed by atoms with E-state index in [0.29, 0.717) is 22.9 Å². The molecule has 0 radical (unpaired) electrons. The van der Waals surface area contributed by atoms with Crippen LogP contribution in [0.3, 0.4) is 0 Å². The molecule has 0 heterocycles. The molecule has 2 nitrogen and oxygen atoms in total. The monoisotopic (exact) mass is 393 g/mol.